The molecular formula is C18H26N4O2. The Morgan fingerprint density at radius 1 is 1.21 bits per heavy atom. The maximum atomic E-state index is 9.60. The fraction of sp³-hybridized carbons (Fsp3) is 0.556. The summed E-state index contributed by atoms with van der Waals surface area (Å²) in [6, 6.07) is 10.3. The monoisotopic (exact) mass is 330 g/mol. The lowest BCUT2D eigenvalue weighted by atomic mass is 10.1. The summed E-state index contributed by atoms with van der Waals surface area (Å²) in [6.45, 7) is 9.67. The van der Waals surface area contributed by atoms with Crippen LogP contribution in [-0.4, -0.2) is 63.4 Å². The number of hydrogen-bond donors (Lipinski definition) is 1. The molecule has 0 bridgehead atoms. The highest BCUT2D eigenvalue weighted by Crippen LogP contribution is 2.25. The zero-order valence-corrected chi connectivity index (χ0v) is 14.6. The molecule has 0 aliphatic carbocycles. The summed E-state index contributed by atoms with van der Waals surface area (Å²) in [5.74, 6) is 1.23. The fourth-order valence-corrected chi connectivity index (χ4v) is 3.24. The minimum Gasteiger partial charge on any atom is -0.419 e. The minimum absolute atomic E-state index is 0.0890. The van der Waals surface area contributed by atoms with Gasteiger partial charge in [0.2, 0.25) is 11.8 Å². The SMILES string of the molecule is CC(O)CN1CCN(C(C)c2nnc(-c3ccccc3)o2)CC1C. The molecule has 1 aliphatic heterocycles. The van der Waals surface area contributed by atoms with Crippen LogP contribution in [0.5, 0.6) is 0 Å². The quantitative estimate of drug-likeness (QED) is 0.906. The molecule has 24 heavy (non-hydrogen) atoms. The molecule has 1 aliphatic rings. The van der Waals surface area contributed by atoms with Gasteiger partial charge in [0.05, 0.1) is 12.1 Å². The minimum atomic E-state index is -0.291. The number of aromatic nitrogens is 2. The van der Waals surface area contributed by atoms with Crippen LogP contribution >= 0.6 is 0 Å². The first-order valence-corrected chi connectivity index (χ1v) is 8.59. The van der Waals surface area contributed by atoms with Crippen LogP contribution in [-0.2, 0) is 0 Å². The van der Waals surface area contributed by atoms with Gasteiger partial charge in [-0.25, -0.2) is 0 Å². The Morgan fingerprint density at radius 3 is 2.62 bits per heavy atom. The molecule has 3 rings (SSSR count). The summed E-state index contributed by atoms with van der Waals surface area (Å²) in [7, 11) is 0. The zero-order chi connectivity index (χ0) is 17.1. The summed E-state index contributed by atoms with van der Waals surface area (Å²) >= 11 is 0. The third kappa shape index (κ3) is 3.83. The van der Waals surface area contributed by atoms with Crippen molar-refractivity contribution in [2.75, 3.05) is 26.2 Å². The maximum absolute atomic E-state index is 9.60. The highest BCUT2D eigenvalue weighted by Gasteiger charge is 2.30. The summed E-state index contributed by atoms with van der Waals surface area (Å²) in [4.78, 5) is 4.70. The summed E-state index contributed by atoms with van der Waals surface area (Å²) in [5, 5.41) is 18.0. The van der Waals surface area contributed by atoms with E-state index in [1.54, 1.807) is 0 Å². The number of nitrogens with zero attached hydrogens (tertiary/aromatic N) is 4. The van der Waals surface area contributed by atoms with Crippen molar-refractivity contribution >= 4 is 0 Å². The average molecular weight is 330 g/mol. The molecule has 0 amide bonds. The first-order valence-electron chi connectivity index (χ1n) is 8.59. The fourth-order valence-electron chi connectivity index (χ4n) is 3.24. The second-order valence-electron chi connectivity index (χ2n) is 6.68. The van der Waals surface area contributed by atoms with Crippen molar-refractivity contribution < 1.29 is 9.52 Å². The molecular weight excluding hydrogens is 304 g/mol. The molecule has 6 nitrogen and oxygen atoms in total. The lowest BCUT2D eigenvalue weighted by Gasteiger charge is -2.42. The van der Waals surface area contributed by atoms with Gasteiger partial charge in [0.1, 0.15) is 0 Å². The van der Waals surface area contributed by atoms with Crippen LogP contribution in [0, 0.1) is 0 Å². The van der Waals surface area contributed by atoms with E-state index in [0.717, 1.165) is 31.7 Å². The van der Waals surface area contributed by atoms with Crippen molar-refractivity contribution in [3.05, 3.63) is 36.2 Å². The van der Waals surface area contributed by atoms with Crippen molar-refractivity contribution in [2.45, 2.75) is 39.0 Å². The molecule has 0 saturated carbocycles. The van der Waals surface area contributed by atoms with Gasteiger partial charge in [0, 0.05) is 37.8 Å². The lowest BCUT2D eigenvalue weighted by Crippen LogP contribution is -2.53. The van der Waals surface area contributed by atoms with Gasteiger partial charge in [-0.3, -0.25) is 9.80 Å². The van der Waals surface area contributed by atoms with Crippen molar-refractivity contribution in [3.8, 4) is 11.5 Å². The smallest absolute Gasteiger partial charge is 0.247 e. The average Bonchev–Trinajstić information content (AvgIpc) is 3.06. The van der Waals surface area contributed by atoms with Crippen molar-refractivity contribution in [2.24, 2.45) is 0 Å². The zero-order valence-electron chi connectivity index (χ0n) is 14.6. The number of piperazine rings is 1. The largest absolute Gasteiger partial charge is 0.419 e. The Hall–Kier alpha value is -1.76. The number of benzene rings is 1. The predicted molar refractivity (Wildman–Crippen MR) is 92.4 cm³/mol. The van der Waals surface area contributed by atoms with E-state index >= 15 is 0 Å². The number of aliphatic hydroxyl groups is 1. The van der Waals surface area contributed by atoms with Crippen LogP contribution in [0.15, 0.2) is 34.7 Å². The molecule has 6 heteroatoms. The van der Waals surface area contributed by atoms with E-state index in [4.69, 9.17) is 4.42 Å². The first-order chi connectivity index (χ1) is 11.5. The van der Waals surface area contributed by atoms with Gasteiger partial charge in [-0.2, -0.15) is 0 Å². The van der Waals surface area contributed by atoms with E-state index in [1.165, 1.54) is 0 Å². The molecule has 3 atom stereocenters. The Morgan fingerprint density at radius 2 is 1.96 bits per heavy atom. The van der Waals surface area contributed by atoms with E-state index in [2.05, 4.69) is 33.8 Å². The summed E-state index contributed by atoms with van der Waals surface area (Å²) in [6.07, 6.45) is -0.291. The second kappa shape index (κ2) is 7.42. The van der Waals surface area contributed by atoms with Crippen molar-refractivity contribution in [1.82, 2.24) is 20.0 Å². The van der Waals surface area contributed by atoms with Gasteiger partial charge in [-0.1, -0.05) is 18.2 Å². The van der Waals surface area contributed by atoms with Gasteiger partial charge < -0.3 is 9.52 Å². The topological polar surface area (TPSA) is 65.6 Å². The Labute approximate surface area is 143 Å². The van der Waals surface area contributed by atoms with E-state index in [9.17, 15) is 5.11 Å². The molecule has 1 aromatic carbocycles. The highest BCUT2D eigenvalue weighted by atomic mass is 16.4. The van der Waals surface area contributed by atoms with E-state index < -0.39 is 0 Å². The third-order valence-corrected chi connectivity index (χ3v) is 4.66. The van der Waals surface area contributed by atoms with Crippen LogP contribution < -0.4 is 0 Å². The molecule has 1 N–H and O–H groups in total. The number of rotatable bonds is 5. The third-order valence-electron chi connectivity index (χ3n) is 4.66. The van der Waals surface area contributed by atoms with Gasteiger partial charge in [-0.15, -0.1) is 10.2 Å². The molecule has 1 saturated heterocycles. The molecule has 0 spiro atoms. The van der Waals surface area contributed by atoms with Gasteiger partial charge in [-0.05, 0) is 32.9 Å². The van der Waals surface area contributed by atoms with Crippen LogP contribution in [0.1, 0.15) is 32.7 Å². The van der Waals surface area contributed by atoms with Gasteiger partial charge in [0.15, 0.2) is 0 Å². The first kappa shape index (κ1) is 17.1. The van der Waals surface area contributed by atoms with Crippen molar-refractivity contribution in [3.63, 3.8) is 0 Å². The number of hydrogen-bond acceptors (Lipinski definition) is 6. The number of β-amino-alcohol motifs (C(OH)–C–C–N with tert-alkyl or cyclic N) is 1. The number of aliphatic hydroxyl groups excluding tert-OH is 1. The highest BCUT2D eigenvalue weighted by molar-refractivity contribution is 5.51. The van der Waals surface area contributed by atoms with E-state index in [1.807, 2.05) is 37.3 Å². The normalized spacial score (nSPS) is 22.4. The van der Waals surface area contributed by atoms with E-state index in [0.29, 0.717) is 17.8 Å². The Balaban J connectivity index is 1.65. The summed E-state index contributed by atoms with van der Waals surface area (Å²) < 4.78 is 5.89. The molecule has 0 radical (unpaired) electrons. The molecule has 1 aromatic heterocycles. The molecule has 2 heterocycles. The van der Waals surface area contributed by atoms with Crippen LogP contribution in [0.25, 0.3) is 11.5 Å². The van der Waals surface area contributed by atoms with Gasteiger partial charge >= 0.3 is 0 Å². The van der Waals surface area contributed by atoms with Gasteiger partial charge in [0.25, 0.3) is 0 Å². The van der Waals surface area contributed by atoms with E-state index in [-0.39, 0.29) is 12.1 Å². The Bertz CT molecular complexity index is 643. The second-order valence-corrected chi connectivity index (χ2v) is 6.68. The molecule has 2 aromatic rings. The Kier molecular flexibility index (Phi) is 5.28. The van der Waals surface area contributed by atoms with Crippen LogP contribution in [0.4, 0.5) is 0 Å². The standard InChI is InChI=1S/C18H26N4O2/c1-13-11-22(10-9-21(13)12-14(2)23)15(3)17-19-20-18(24-17)16-7-5-4-6-8-16/h4-8,13-15,23H,9-12H2,1-3H3. The van der Waals surface area contributed by atoms with Crippen molar-refractivity contribution in [1.29, 1.82) is 0 Å². The predicted octanol–water partition coefficient (Wildman–Crippen LogP) is 2.18. The van der Waals surface area contributed by atoms with Crippen LogP contribution in [0.2, 0.25) is 0 Å². The molecule has 130 valence electrons. The lowest BCUT2D eigenvalue weighted by molar-refractivity contribution is 0.0257. The van der Waals surface area contributed by atoms with Crippen LogP contribution in [0.3, 0.4) is 0 Å². The molecule has 1 fully saturated rings. The molecule has 3 unspecified atom stereocenters. The maximum Gasteiger partial charge on any atom is 0.247 e. The summed E-state index contributed by atoms with van der Waals surface area (Å²) in [5.41, 5.74) is 0.943.